The molecule has 0 spiro atoms. The first-order valence-corrected chi connectivity index (χ1v) is 6.66. The van der Waals surface area contributed by atoms with Crippen molar-refractivity contribution in [1.29, 1.82) is 0 Å². The van der Waals surface area contributed by atoms with Crippen LogP contribution in [-0.2, 0) is 0 Å². The lowest BCUT2D eigenvalue weighted by molar-refractivity contribution is 0.252. The predicted octanol–water partition coefficient (Wildman–Crippen LogP) is 2.79. The number of nitrogens with zero attached hydrogens (tertiary/aromatic N) is 1. The Morgan fingerprint density at radius 1 is 1.29 bits per heavy atom. The molecule has 17 heavy (non-hydrogen) atoms. The molecule has 2 heteroatoms. The van der Waals surface area contributed by atoms with E-state index in [4.69, 9.17) is 0 Å². The Labute approximate surface area is 103 Å². The lowest BCUT2D eigenvalue weighted by atomic mass is 9.75. The molecule has 0 amide bonds. The Morgan fingerprint density at radius 3 is 3.06 bits per heavy atom. The third-order valence-electron chi connectivity index (χ3n) is 4.20. The van der Waals surface area contributed by atoms with E-state index in [1.807, 2.05) is 13.1 Å². The van der Waals surface area contributed by atoms with Crippen molar-refractivity contribution in [2.45, 2.75) is 26.2 Å². The van der Waals surface area contributed by atoms with E-state index in [1.54, 1.807) is 0 Å². The average Bonchev–Trinajstić information content (AvgIpc) is 2.39. The second-order valence-electron chi connectivity index (χ2n) is 5.37. The first kappa shape index (κ1) is 11.0. The maximum Gasteiger partial charge on any atom is 0.0373 e. The summed E-state index contributed by atoms with van der Waals surface area (Å²) in [6, 6.07) is 4.33. The van der Waals surface area contributed by atoms with Crippen LogP contribution in [0.5, 0.6) is 0 Å². The fraction of sp³-hybridized carbons (Fsp3) is 0.533. The third-order valence-corrected chi connectivity index (χ3v) is 4.20. The second-order valence-corrected chi connectivity index (χ2v) is 5.37. The Hall–Kier alpha value is -1.15. The number of aromatic nitrogens is 1. The van der Waals surface area contributed by atoms with Crippen LogP contribution in [0.4, 0.5) is 0 Å². The van der Waals surface area contributed by atoms with Crippen LogP contribution < -0.4 is 5.32 Å². The fourth-order valence-corrected chi connectivity index (χ4v) is 3.08. The molecule has 1 N–H and O–H groups in total. The number of pyridine rings is 1. The van der Waals surface area contributed by atoms with Crippen LogP contribution in [0.1, 0.15) is 30.5 Å². The molecule has 0 bridgehead atoms. The second kappa shape index (κ2) is 4.61. The van der Waals surface area contributed by atoms with E-state index in [1.165, 1.54) is 43.5 Å². The van der Waals surface area contributed by atoms with Gasteiger partial charge in [-0.1, -0.05) is 12.1 Å². The fourth-order valence-electron chi connectivity index (χ4n) is 3.08. The van der Waals surface area contributed by atoms with Crippen LogP contribution in [0.15, 0.2) is 24.4 Å². The van der Waals surface area contributed by atoms with Gasteiger partial charge in [0, 0.05) is 11.9 Å². The molecule has 2 unspecified atom stereocenters. The zero-order valence-corrected chi connectivity index (χ0v) is 10.4. The van der Waals surface area contributed by atoms with Crippen LogP contribution >= 0.6 is 0 Å². The summed E-state index contributed by atoms with van der Waals surface area (Å²) in [4.78, 5) is 4.40. The number of allylic oxidation sites excluding steroid dienone is 2. The van der Waals surface area contributed by atoms with Gasteiger partial charge in [-0.05, 0) is 68.3 Å². The van der Waals surface area contributed by atoms with E-state index in [9.17, 15) is 0 Å². The standard InChI is InChI=1S/C15H20N2/c1-11-2-3-14(10-17-11)13-5-4-12-6-7-16-9-15(12)8-13/h2-3,5,10,12,15-16H,4,6-9H2,1H3. The van der Waals surface area contributed by atoms with Crippen LogP contribution in [0.25, 0.3) is 5.57 Å². The van der Waals surface area contributed by atoms with Gasteiger partial charge in [0.2, 0.25) is 0 Å². The summed E-state index contributed by atoms with van der Waals surface area (Å²) in [5.41, 5.74) is 3.92. The van der Waals surface area contributed by atoms with E-state index in [2.05, 4.69) is 28.5 Å². The van der Waals surface area contributed by atoms with Crippen molar-refractivity contribution in [2.75, 3.05) is 13.1 Å². The molecule has 0 aromatic carbocycles. The maximum atomic E-state index is 4.40. The van der Waals surface area contributed by atoms with Crippen LogP contribution in [-0.4, -0.2) is 18.1 Å². The van der Waals surface area contributed by atoms with Gasteiger partial charge in [-0.15, -0.1) is 0 Å². The van der Waals surface area contributed by atoms with Gasteiger partial charge in [0.05, 0.1) is 0 Å². The summed E-state index contributed by atoms with van der Waals surface area (Å²) in [6.45, 7) is 4.44. The molecular formula is C15H20N2. The third kappa shape index (κ3) is 2.27. The van der Waals surface area contributed by atoms with Crippen LogP contribution in [0.3, 0.4) is 0 Å². The summed E-state index contributed by atoms with van der Waals surface area (Å²) in [5.74, 6) is 1.75. The molecule has 2 aliphatic rings. The first-order chi connectivity index (χ1) is 8.33. The molecule has 1 saturated heterocycles. The highest BCUT2D eigenvalue weighted by atomic mass is 14.9. The Bertz CT molecular complexity index is 419. The molecule has 1 aromatic heterocycles. The number of hydrogen-bond acceptors (Lipinski definition) is 2. The minimum atomic E-state index is 0.838. The van der Waals surface area contributed by atoms with Gasteiger partial charge in [-0.25, -0.2) is 0 Å². The van der Waals surface area contributed by atoms with Gasteiger partial charge < -0.3 is 5.32 Å². The zero-order chi connectivity index (χ0) is 11.7. The number of hydrogen-bond donors (Lipinski definition) is 1. The summed E-state index contributed by atoms with van der Waals surface area (Å²) in [6.07, 6.45) is 8.30. The Morgan fingerprint density at radius 2 is 2.24 bits per heavy atom. The summed E-state index contributed by atoms with van der Waals surface area (Å²) >= 11 is 0. The van der Waals surface area contributed by atoms with Crippen molar-refractivity contribution in [3.05, 3.63) is 35.7 Å². The average molecular weight is 228 g/mol. The van der Waals surface area contributed by atoms with E-state index >= 15 is 0 Å². The minimum absolute atomic E-state index is 0.838. The topological polar surface area (TPSA) is 24.9 Å². The van der Waals surface area contributed by atoms with Crippen molar-refractivity contribution in [3.63, 3.8) is 0 Å². The van der Waals surface area contributed by atoms with Gasteiger partial charge >= 0.3 is 0 Å². The Kier molecular flexibility index (Phi) is 2.98. The van der Waals surface area contributed by atoms with Gasteiger partial charge in [-0.3, -0.25) is 4.98 Å². The van der Waals surface area contributed by atoms with E-state index in [-0.39, 0.29) is 0 Å². The summed E-state index contributed by atoms with van der Waals surface area (Å²) in [5, 5.41) is 3.52. The molecular weight excluding hydrogens is 208 g/mol. The highest BCUT2D eigenvalue weighted by Gasteiger charge is 2.28. The lowest BCUT2D eigenvalue weighted by Gasteiger charge is -2.35. The summed E-state index contributed by atoms with van der Waals surface area (Å²) < 4.78 is 0. The minimum Gasteiger partial charge on any atom is -0.316 e. The molecule has 1 fully saturated rings. The predicted molar refractivity (Wildman–Crippen MR) is 70.7 cm³/mol. The number of piperidine rings is 1. The number of nitrogens with one attached hydrogen (secondary N) is 1. The van der Waals surface area contributed by atoms with Crippen molar-refractivity contribution in [1.82, 2.24) is 10.3 Å². The van der Waals surface area contributed by atoms with Crippen molar-refractivity contribution in [2.24, 2.45) is 11.8 Å². The molecule has 1 aliphatic carbocycles. The number of aryl methyl sites for hydroxylation is 1. The highest BCUT2D eigenvalue weighted by Crippen LogP contribution is 2.37. The van der Waals surface area contributed by atoms with Crippen LogP contribution in [0, 0.1) is 18.8 Å². The molecule has 1 aliphatic heterocycles. The normalized spacial score (nSPS) is 28.4. The zero-order valence-electron chi connectivity index (χ0n) is 10.4. The van der Waals surface area contributed by atoms with E-state index < -0.39 is 0 Å². The molecule has 2 heterocycles. The quantitative estimate of drug-likeness (QED) is 0.799. The maximum absolute atomic E-state index is 4.40. The number of rotatable bonds is 1. The molecule has 0 radical (unpaired) electrons. The summed E-state index contributed by atoms with van der Waals surface area (Å²) in [7, 11) is 0. The first-order valence-electron chi connectivity index (χ1n) is 6.66. The van der Waals surface area contributed by atoms with E-state index in [0.717, 1.165) is 17.5 Å². The smallest absolute Gasteiger partial charge is 0.0373 e. The van der Waals surface area contributed by atoms with Gasteiger partial charge in [0.25, 0.3) is 0 Å². The van der Waals surface area contributed by atoms with Crippen molar-refractivity contribution < 1.29 is 0 Å². The van der Waals surface area contributed by atoms with Crippen molar-refractivity contribution >= 4 is 5.57 Å². The Balaban J connectivity index is 1.80. The molecule has 90 valence electrons. The van der Waals surface area contributed by atoms with Gasteiger partial charge in [0.1, 0.15) is 0 Å². The molecule has 2 nitrogen and oxygen atoms in total. The van der Waals surface area contributed by atoms with E-state index in [0.29, 0.717) is 0 Å². The van der Waals surface area contributed by atoms with Crippen LogP contribution in [0.2, 0.25) is 0 Å². The monoisotopic (exact) mass is 228 g/mol. The molecule has 0 saturated carbocycles. The number of fused-ring (bicyclic) bond motifs is 1. The highest BCUT2D eigenvalue weighted by molar-refractivity contribution is 5.66. The molecule has 2 atom stereocenters. The van der Waals surface area contributed by atoms with Crippen molar-refractivity contribution in [3.8, 4) is 0 Å². The van der Waals surface area contributed by atoms with Gasteiger partial charge in [0.15, 0.2) is 0 Å². The molecule has 3 rings (SSSR count). The largest absolute Gasteiger partial charge is 0.316 e. The molecule has 1 aromatic rings. The lowest BCUT2D eigenvalue weighted by Crippen LogP contribution is -2.37. The van der Waals surface area contributed by atoms with Gasteiger partial charge in [-0.2, -0.15) is 0 Å². The SMILES string of the molecule is Cc1ccc(C2=CCC3CCNCC3C2)cn1.